The van der Waals surface area contributed by atoms with Crippen LogP contribution in [0.15, 0.2) is 47.6 Å². The number of ether oxygens (including phenoxy) is 3. The summed E-state index contributed by atoms with van der Waals surface area (Å²) < 4.78 is 23.2. The number of carbonyl (C=O) groups is 2. The summed E-state index contributed by atoms with van der Waals surface area (Å²) in [4.78, 5) is 26.4. The molecule has 0 radical (unpaired) electrons. The lowest BCUT2D eigenvalue weighted by atomic mass is 9.88. The Morgan fingerprint density at radius 3 is 2.42 bits per heavy atom. The Kier molecular flexibility index (Phi) is 7.66. The summed E-state index contributed by atoms with van der Waals surface area (Å²) in [5, 5.41) is -0.0604. The number of hydrogen-bond acceptors (Lipinski definition) is 6. The summed E-state index contributed by atoms with van der Waals surface area (Å²) in [6.45, 7) is 12.9. The number of benzene rings is 1. The zero-order valence-electron chi connectivity index (χ0n) is 20.8. The smallest absolute Gasteiger partial charge is 0.337 e. The average molecular weight is 473 g/mol. The number of Topliss-reactive ketones (excluding diaryl/α,β-unsaturated/α-hetero) is 1. The van der Waals surface area contributed by atoms with Gasteiger partial charge in [-0.05, 0) is 42.2 Å². The van der Waals surface area contributed by atoms with E-state index in [1.165, 1.54) is 0 Å². The Labute approximate surface area is 198 Å². The Hall–Kier alpha value is -2.22. The van der Waals surface area contributed by atoms with E-state index in [1.807, 2.05) is 30.3 Å². The molecule has 7 heteroatoms. The van der Waals surface area contributed by atoms with Crippen LogP contribution in [0.3, 0.4) is 0 Å². The maximum atomic E-state index is 13.4. The highest BCUT2D eigenvalue weighted by atomic mass is 28.4. The molecule has 3 rings (SSSR count). The van der Waals surface area contributed by atoms with Crippen molar-refractivity contribution in [2.75, 3.05) is 7.11 Å². The standard InChI is InChI=1S/C26H36O6Si/c1-8-9-10-11-19-20(25(28)30-16-17-12-14-18(29-5)15-13-17)22(24-23(31-24)21(19)27)32-33(6,7)26(2,3)4/h10-15,22-24H,8-9,16H2,1-7H3/b11-10+/t22-,23-,24+/m0/s1. The molecule has 1 fully saturated rings. The molecule has 0 saturated carbocycles. The van der Waals surface area contributed by atoms with E-state index < -0.39 is 32.6 Å². The van der Waals surface area contributed by atoms with Gasteiger partial charge in [-0.25, -0.2) is 4.79 Å². The van der Waals surface area contributed by atoms with E-state index in [4.69, 9.17) is 18.6 Å². The summed E-state index contributed by atoms with van der Waals surface area (Å²) in [5.41, 5.74) is 1.47. The van der Waals surface area contributed by atoms with Crippen molar-refractivity contribution in [1.29, 1.82) is 0 Å². The number of rotatable bonds is 9. The highest BCUT2D eigenvalue weighted by Crippen LogP contribution is 2.45. The van der Waals surface area contributed by atoms with Crippen LogP contribution in [-0.2, 0) is 30.1 Å². The number of carbonyl (C=O) groups excluding carboxylic acids is 2. The van der Waals surface area contributed by atoms with E-state index in [-0.39, 0.29) is 23.0 Å². The summed E-state index contributed by atoms with van der Waals surface area (Å²) in [7, 11) is -0.651. The van der Waals surface area contributed by atoms with Gasteiger partial charge in [-0.2, -0.15) is 0 Å². The van der Waals surface area contributed by atoms with Crippen molar-refractivity contribution in [3.05, 3.63) is 53.1 Å². The normalized spacial score (nSPS) is 23.0. The fourth-order valence-electron chi connectivity index (χ4n) is 3.50. The zero-order valence-corrected chi connectivity index (χ0v) is 21.8. The van der Waals surface area contributed by atoms with Crippen LogP contribution in [0.4, 0.5) is 0 Å². The van der Waals surface area contributed by atoms with Gasteiger partial charge >= 0.3 is 5.97 Å². The maximum Gasteiger partial charge on any atom is 0.337 e. The van der Waals surface area contributed by atoms with Crippen LogP contribution < -0.4 is 4.74 Å². The fourth-order valence-corrected chi connectivity index (χ4v) is 4.74. The third-order valence-corrected chi connectivity index (χ3v) is 11.1. The number of methoxy groups -OCH3 is 1. The molecule has 6 nitrogen and oxygen atoms in total. The lowest BCUT2D eigenvalue weighted by molar-refractivity contribution is -0.142. The number of fused-ring (bicyclic) bond motifs is 1. The van der Waals surface area contributed by atoms with Crippen LogP contribution in [0.5, 0.6) is 5.75 Å². The molecule has 1 aliphatic heterocycles. The largest absolute Gasteiger partial charge is 0.497 e. The van der Waals surface area contributed by atoms with Gasteiger partial charge in [0.15, 0.2) is 14.1 Å². The molecule has 33 heavy (non-hydrogen) atoms. The van der Waals surface area contributed by atoms with Gasteiger partial charge in [0.05, 0.1) is 12.7 Å². The minimum absolute atomic E-state index is 0.0604. The van der Waals surface area contributed by atoms with Gasteiger partial charge in [0.2, 0.25) is 0 Å². The maximum absolute atomic E-state index is 13.4. The van der Waals surface area contributed by atoms with Crippen LogP contribution in [0, 0.1) is 0 Å². The van der Waals surface area contributed by atoms with Crippen LogP contribution in [0.1, 0.15) is 46.1 Å². The molecule has 0 amide bonds. The molecule has 1 aliphatic carbocycles. The van der Waals surface area contributed by atoms with Crippen molar-refractivity contribution in [3.8, 4) is 5.75 Å². The predicted octanol–water partition coefficient (Wildman–Crippen LogP) is 5.13. The van der Waals surface area contributed by atoms with E-state index in [0.29, 0.717) is 5.57 Å². The zero-order chi connectivity index (χ0) is 24.4. The van der Waals surface area contributed by atoms with Gasteiger partial charge in [0.1, 0.15) is 30.7 Å². The number of unbranched alkanes of at least 4 members (excludes halogenated alkanes) is 1. The van der Waals surface area contributed by atoms with E-state index >= 15 is 0 Å². The monoisotopic (exact) mass is 472 g/mol. The van der Waals surface area contributed by atoms with Gasteiger partial charge in [0, 0.05) is 5.57 Å². The second kappa shape index (κ2) is 9.95. The minimum atomic E-state index is -2.25. The summed E-state index contributed by atoms with van der Waals surface area (Å²) in [6.07, 6.45) is 3.84. The quantitative estimate of drug-likeness (QED) is 0.282. The van der Waals surface area contributed by atoms with Crippen molar-refractivity contribution >= 4 is 20.1 Å². The molecule has 0 spiro atoms. The molecular formula is C26H36O6Si. The molecule has 0 N–H and O–H groups in total. The summed E-state index contributed by atoms with van der Waals surface area (Å²) in [5.74, 6) is 0.0283. The lowest BCUT2D eigenvalue weighted by Gasteiger charge is -2.40. The summed E-state index contributed by atoms with van der Waals surface area (Å²) in [6, 6.07) is 7.32. The van der Waals surface area contributed by atoms with Crippen molar-refractivity contribution in [2.45, 2.75) is 83.6 Å². The second-order valence-corrected chi connectivity index (χ2v) is 14.9. The molecule has 2 aliphatic rings. The van der Waals surface area contributed by atoms with Crippen molar-refractivity contribution in [2.24, 2.45) is 0 Å². The van der Waals surface area contributed by atoms with Gasteiger partial charge < -0.3 is 18.6 Å². The third kappa shape index (κ3) is 5.65. The first kappa shape index (κ1) is 25.4. The SMILES string of the molecule is CCC/C=C/C1=C(C(=O)OCc2ccc(OC)cc2)[C@H](O[Si](C)(C)C(C)(C)C)[C@H]2O[C@H]2C1=O. The average Bonchev–Trinajstić information content (AvgIpc) is 3.56. The molecule has 1 aromatic rings. The first-order valence-electron chi connectivity index (χ1n) is 11.6. The molecule has 3 atom stereocenters. The Morgan fingerprint density at radius 2 is 1.85 bits per heavy atom. The van der Waals surface area contributed by atoms with Crippen LogP contribution >= 0.6 is 0 Å². The molecular weight excluding hydrogens is 436 g/mol. The van der Waals surface area contributed by atoms with E-state index in [9.17, 15) is 9.59 Å². The molecule has 1 heterocycles. The van der Waals surface area contributed by atoms with Crippen LogP contribution in [-0.4, -0.2) is 45.5 Å². The van der Waals surface area contributed by atoms with Crippen molar-refractivity contribution in [1.82, 2.24) is 0 Å². The molecule has 0 unspecified atom stereocenters. The second-order valence-electron chi connectivity index (χ2n) is 10.1. The Balaban J connectivity index is 1.92. The Morgan fingerprint density at radius 1 is 1.18 bits per heavy atom. The topological polar surface area (TPSA) is 74.4 Å². The van der Waals surface area contributed by atoms with Crippen LogP contribution in [0.2, 0.25) is 18.1 Å². The van der Waals surface area contributed by atoms with Gasteiger partial charge in [-0.3, -0.25) is 4.79 Å². The van der Waals surface area contributed by atoms with E-state index in [0.717, 1.165) is 24.2 Å². The molecule has 1 aromatic carbocycles. The predicted molar refractivity (Wildman–Crippen MR) is 130 cm³/mol. The number of ketones is 1. The van der Waals surface area contributed by atoms with E-state index in [2.05, 4.69) is 40.8 Å². The van der Waals surface area contributed by atoms with E-state index in [1.54, 1.807) is 13.2 Å². The van der Waals surface area contributed by atoms with Gasteiger partial charge in [0.25, 0.3) is 0 Å². The van der Waals surface area contributed by atoms with Crippen molar-refractivity contribution < 1.29 is 28.2 Å². The third-order valence-electron chi connectivity index (χ3n) is 6.64. The number of esters is 1. The van der Waals surface area contributed by atoms with Crippen LogP contribution in [0.25, 0.3) is 0 Å². The number of epoxide rings is 1. The summed E-state index contributed by atoms with van der Waals surface area (Å²) >= 11 is 0. The minimum Gasteiger partial charge on any atom is -0.497 e. The van der Waals surface area contributed by atoms with Crippen molar-refractivity contribution in [3.63, 3.8) is 0 Å². The molecule has 1 saturated heterocycles. The number of hydrogen-bond donors (Lipinski definition) is 0. The molecule has 180 valence electrons. The molecule has 0 bridgehead atoms. The van der Waals surface area contributed by atoms with Gasteiger partial charge in [-0.1, -0.05) is 58.4 Å². The first-order chi connectivity index (χ1) is 15.5. The highest BCUT2D eigenvalue weighted by molar-refractivity contribution is 6.74. The fraction of sp³-hybridized carbons (Fsp3) is 0.538. The number of allylic oxidation sites excluding steroid dienone is 2. The molecule has 0 aromatic heterocycles. The Bertz CT molecular complexity index is 939. The van der Waals surface area contributed by atoms with Gasteiger partial charge in [-0.15, -0.1) is 0 Å². The first-order valence-corrected chi connectivity index (χ1v) is 14.5. The lowest BCUT2D eigenvalue weighted by Crippen LogP contribution is -2.49. The highest BCUT2D eigenvalue weighted by Gasteiger charge is 2.59.